The fraction of sp³-hybridized carbons (Fsp3) is 0.889. The van der Waals surface area contributed by atoms with Gasteiger partial charge in [-0.15, -0.1) is 0 Å². The Bertz CT molecular complexity index is 661. The Hall–Kier alpha value is -1.70. The molecule has 0 aromatic heterocycles. The zero-order valence-corrected chi connectivity index (χ0v) is 19.5. The average Bonchev–Trinajstić information content (AvgIpc) is 2.91. The maximum Gasteiger partial charge on any atom is 0.253 e. The smallest absolute Gasteiger partial charge is 0.253 e. The van der Waals surface area contributed by atoms with Gasteiger partial charge < -0.3 is 92.3 Å². The maximum atomic E-state index is 12.0. The SMILES string of the molecule is O=C(NC(O)[C@H](O)[C@H](O)[C@H](O)[C@@H](O)CO)C(O)C(O)C(O)C(O)C(=O)NC(O)[C@H](O)[C@H](O)[C@H](O)[C@@H](O)CO. The average molecular weight is 568 g/mol. The molecule has 0 spiro atoms. The summed E-state index contributed by atoms with van der Waals surface area (Å²) in [5.41, 5.74) is 0. The van der Waals surface area contributed by atoms with E-state index in [0.29, 0.717) is 0 Å². The highest BCUT2D eigenvalue weighted by Crippen LogP contribution is 2.11. The molecule has 0 fully saturated rings. The first-order valence-electron chi connectivity index (χ1n) is 10.8. The third kappa shape index (κ3) is 9.80. The number of hydrogen-bond acceptors (Lipinski definition) is 18. The summed E-state index contributed by atoms with van der Waals surface area (Å²) in [6.07, 6.45) is -33.7. The minimum atomic E-state index is -2.74. The lowest BCUT2D eigenvalue weighted by atomic mass is 10.00. The van der Waals surface area contributed by atoms with Crippen LogP contribution < -0.4 is 10.6 Å². The number of aliphatic hydroxyl groups excluding tert-OH is 16. The third-order valence-corrected chi connectivity index (χ3v) is 5.32. The molecule has 226 valence electrons. The first-order chi connectivity index (χ1) is 17.4. The van der Waals surface area contributed by atoms with Crippen molar-refractivity contribution >= 4 is 11.8 Å². The van der Waals surface area contributed by atoms with Gasteiger partial charge >= 0.3 is 0 Å². The van der Waals surface area contributed by atoms with Crippen molar-refractivity contribution in [3.63, 3.8) is 0 Å². The molecule has 18 N–H and O–H groups in total. The summed E-state index contributed by atoms with van der Waals surface area (Å²) >= 11 is 0. The highest BCUT2D eigenvalue weighted by atomic mass is 16.4. The summed E-state index contributed by atoms with van der Waals surface area (Å²) in [4.78, 5) is 24.0. The number of carbonyl (C=O) groups excluding carboxylic acids is 2. The normalized spacial score (nSPS) is 23.3. The summed E-state index contributed by atoms with van der Waals surface area (Å²) in [6.45, 7) is -2.12. The molecule has 0 aliphatic heterocycles. The predicted octanol–water partition coefficient (Wildman–Crippen LogP) is -11.8. The molecule has 2 amide bonds. The van der Waals surface area contributed by atoms with E-state index in [9.17, 15) is 81.1 Å². The van der Waals surface area contributed by atoms with Crippen LogP contribution in [0.5, 0.6) is 0 Å². The van der Waals surface area contributed by atoms with Gasteiger partial charge in [0, 0.05) is 0 Å². The molecule has 6 unspecified atom stereocenters. The quantitative estimate of drug-likeness (QED) is 0.0723. The molecule has 38 heavy (non-hydrogen) atoms. The molecule has 0 bridgehead atoms. The summed E-state index contributed by atoms with van der Waals surface area (Å²) in [5, 5.41) is 155. The number of rotatable bonds is 17. The first-order valence-corrected chi connectivity index (χ1v) is 10.8. The van der Waals surface area contributed by atoms with Gasteiger partial charge in [-0.05, 0) is 0 Å². The van der Waals surface area contributed by atoms with Crippen molar-refractivity contribution in [1.82, 2.24) is 10.6 Å². The molecular formula is C18H36N2O18. The minimum Gasteiger partial charge on any atom is -0.394 e. The predicted molar refractivity (Wildman–Crippen MR) is 115 cm³/mol. The van der Waals surface area contributed by atoms with Crippen LogP contribution in [0.2, 0.25) is 0 Å². The van der Waals surface area contributed by atoms with Gasteiger partial charge in [0.25, 0.3) is 11.8 Å². The van der Waals surface area contributed by atoms with Gasteiger partial charge in [-0.25, -0.2) is 0 Å². The summed E-state index contributed by atoms with van der Waals surface area (Å²) < 4.78 is 0. The van der Waals surface area contributed by atoms with Gasteiger partial charge in [-0.1, -0.05) is 0 Å². The Morgan fingerprint density at radius 2 is 0.684 bits per heavy atom. The molecule has 0 saturated heterocycles. The second-order valence-electron chi connectivity index (χ2n) is 8.22. The molecule has 20 nitrogen and oxygen atoms in total. The molecule has 0 aromatic carbocycles. The lowest BCUT2D eigenvalue weighted by molar-refractivity contribution is -0.168. The van der Waals surface area contributed by atoms with Crippen LogP contribution >= 0.6 is 0 Å². The molecule has 0 heterocycles. The van der Waals surface area contributed by atoms with E-state index in [1.807, 2.05) is 0 Å². The Morgan fingerprint density at radius 3 is 0.921 bits per heavy atom. The van der Waals surface area contributed by atoms with E-state index >= 15 is 0 Å². The van der Waals surface area contributed by atoms with E-state index in [-0.39, 0.29) is 0 Å². The molecule has 20 heteroatoms. The van der Waals surface area contributed by atoms with E-state index in [2.05, 4.69) is 0 Å². The van der Waals surface area contributed by atoms with Crippen LogP contribution in [0.4, 0.5) is 0 Å². The minimum absolute atomic E-state index is 1.06. The van der Waals surface area contributed by atoms with E-state index in [0.717, 1.165) is 0 Å². The number of amides is 2. The highest BCUT2D eigenvalue weighted by Gasteiger charge is 2.41. The van der Waals surface area contributed by atoms with Crippen molar-refractivity contribution in [2.24, 2.45) is 0 Å². The van der Waals surface area contributed by atoms with Gasteiger partial charge in [0.05, 0.1) is 13.2 Å². The largest absolute Gasteiger partial charge is 0.394 e. The molecule has 0 aromatic rings. The molecule has 0 aliphatic carbocycles. The summed E-state index contributed by atoms with van der Waals surface area (Å²) in [7, 11) is 0. The third-order valence-electron chi connectivity index (χ3n) is 5.32. The van der Waals surface area contributed by atoms with Crippen LogP contribution in [-0.2, 0) is 9.59 Å². The topological polar surface area (TPSA) is 382 Å². The van der Waals surface area contributed by atoms with Crippen LogP contribution in [0.15, 0.2) is 0 Å². The zero-order chi connectivity index (χ0) is 30.1. The van der Waals surface area contributed by atoms with E-state index in [1.165, 1.54) is 10.6 Å². The number of aliphatic hydroxyl groups is 16. The Labute approximate surface area is 213 Å². The van der Waals surface area contributed by atoms with Gasteiger partial charge in [0.15, 0.2) is 24.7 Å². The first kappa shape index (κ1) is 36.3. The van der Waals surface area contributed by atoms with Crippen molar-refractivity contribution in [2.45, 2.75) is 85.7 Å². The monoisotopic (exact) mass is 568 g/mol. The Kier molecular flexibility index (Phi) is 15.7. The number of carbonyl (C=O) groups is 2. The Morgan fingerprint density at radius 1 is 0.421 bits per heavy atom. The van der Waals surface area contributed by atoms with Crippen LogP contribution in [0.3, 0.4) is 0 Å². The fourth-order valence-electron chi connectivity index (χ4n) is 2.77. The molecule has 0 saturated carbocycles. The van der Waals surface area contributed by atoms with Crippen molar-refractivity contribution in [3.05, 3.63) is 0 Å². The molecule has 14 atom stereocenters. The van der Waals surface area contributed by atoms with E-state index in [1.54, 1.807) is 0 Å². The lowest BCUT2D eigenvalue weighted by Gasteiger charge is -2.31. The van der Waals surface area contributed by atoms with Crippen molar-refractivity contribution < 1.29 is 91.3 Å². The second-order valence-corrected chi connectivity index (χ2v) is 8.22. The van der Waals surface area contributed by atoms with Gasteiger partial charge in [0.2, 0.25) is 0 Å². The van der Waals surface area contributed by atoms with E-state index in [4.69, 9.17) is 10.2 Å². The molecule has 0 aliphatic rings. The van der Waals surface area contributed by atoms with Crippen molar-refractivity contribution in [2.75, 3.05) is 13.2 Å². The second kappa shape index (κ2) is 16.4. The molecule has 0 rings (SSSR count). The van der Waals surface area contributed by atoms with Crippen LogP contribution in [0, 0.1) is 0 Å². The van der Waals surface area contributed by atoms with Crippen LogP contribution in [-0.4, -0.2) is 192 Å². The molecule has 0 radical (unpaired) electrons. The fourth-order valence-corrected chi connectivity index (χ4v) is 2.77. The Balaban J connectivity index is 5.09. The van der Waals surface area contributed by atoms with Gasteiger partial charge in [-0.3, -0.25) is 9.59 Å². The lowest BCUT2D eigenvalue weighted by Crippen LogP contribution is -2.60. The van der Waals surface area contributed by atoms with E-state index < -0.39 is 111 Å². The van der Waals surface area contributed by atoms with Crippen molar-refractivity contribution in [1.29, 1.82) is 0 Å². The maximum absolute atomic E-state index is 12.0. The summed E-state index contributed by atoms with van der Waals surface area (Å²) in [6, 6.07) is 0. The van der Waals surface area contributed by atoms with Gasteiger partial charge in [0.1, 0.15) is 61.0 Å². The molecular weight excluding hydrogens is 532 g/mol. The number of hydrogen-bond donors (Lipinski definition) is 18. The van der Waals surface area contributed by atoms with Gasteiger partial charge in [-0.2, -0.15) is 0 Å². The zero-order valence-electron chi connectivity index (χ0n) is 19.5. The highest BCUT2D eigenvalue weighted by molar-refractivity contribution is 5.83. The standard InChI is InChI=1S/C18H36N2O18/c21-1-3(23)5(25)7(27)11(31)15(35)19-17(37)13(33)9(29)10(30)14(34)18(38)20-16(36)12(32)8(28)6(26)4(24)2-22/h3-16,21-36H,1-2H2,(H,19,37)(H,20,38)/t3-,4-,5+,6+,7+,8+,9?,10?,11+,12+,13?,14?,15?,16?/m0/s1. The van der Waals surface area contributed by atoms with Crippen LogP contribution in [0.25, 0.3) is 0 Å². The van der Waals surface area contributed by atoms with Crippen molar-refractivity contribution in [3.8, 4) is 0 Å². The summed E-state index contributed by atoms with van der Waals surface area (Å²) in [5.74, 6) is -3.54. The van der Waals surface area contributed by atoms with Crippen LogP contribution in [0.1, 0.15) is 0 Å². The number of nitrogens with one attached hydrogen (secondary N) is 2.